The molecule has 1 fully saturated rings. The summed E-state index contributed by atoms with van der Waals surface area (Å²) in [5.41, 5.74) is 3.92. The van der Waals surface area contributed by atoms with Gasteiger partial charge in [-0.15, -0.1) is 11.3 Å². The van der Waals surface area contributed by atoms with Crippen molar-refractivity contribution in [2.45, 2.75) is 23.0 Å². The van der Waals surface area contributed by atoms with Crippen LogP contribution in [0.15, 0.2) is 101 Å². The molecule has 0 N–H and O–H groups in total. The Kier molecular flexibility index (Phi) is 6.95. The minimum absolute atomic E-state index is 0.0649. The summed E-state index contributed by atoms with van der Waals surface area (Å²) < 4.78 is 26.4. The molecule has 6 heteroatoms. The van der Waals surface area contributed by atoms with Gasteiger partial charge in [0.1, 0.15) is 0 Å². The molecule has 178 valence electrons. The topological polar surface area (TPSA) is 54.5 Å². The van der Waals surface area contributed by atoms with Crippen LogP contribution >= 0.6 is 11.3 Å². The average Bonchev–Trinajstić information content (AvgIpc) is 3.45. The minimum atomic E-state index is -3.39. The highest BCUT2D eigenvalue weighted by atomic mass is 32.2. The van der Waals surface area contributed by atoms with E-state index >= 15 is 0 Å². The number of rotatable bonds is 7. The van der Waals surface area contributed by atoms with Crippen molar-refractivity contribution in [1.82, 2.24) is 4.90 Å². The van der Waals surface area contributed by atoms with Gasteiger partial charge >= 0.3 is 0 Å². The first-order valence-electron chi connectivity index (χ1n) is 11.8. The summed E-state index contributed by atoms with van der Waals surface area (Å²) in [5, 5.41) is 1.60. The Morgan fingerprint density at radius 2 is 1.40 bits per heavy atom. The van der Waals surface area contributed by atoms with Crippen LogP contribution in [0.25, 0.3) is 21.6 Å². The predicted molar refractivity (Wildman–Crippen MR) is 143 cm³/mol. The van der Waals surface area contributed by atoms with Crippen molar-refractivity contribution >= 4 is 27.0 Å². The molecule has 0 radical (unpaired) electrons. The number of hydrogen-bond donors (Lipinski definition) is 0. The Balaban J connectivity index is 1.17. The van der Waals surface area contributed by atoms with Gasteiger partial charge in [-0.3, -0.25) is 9.69 Å². The first-order chi connectivity index (χ1) is 17.0. The van der Waals surface area contributed by atoms with Gasteiger partial charge in [-0.1, -0.05) is 72.8 Å². The molecule has 0 aliphatic carbocycles. The minimum Gasteiger partial charge on any atom is -0.296 e. The molecule has 2 heterocycles. The summed E-state index contributed by atoms with van der Waals surface area (Å²) >= 11 is 1.64. The summed E-state index contributed by atoms with van der Waals surface area (Å²) in [6.07, 6.45) is 1.07. The third-order valence-electron chi connectivity index (χ3n) is 6.64. The standard InChI is InChI=1S/C29H27NO3S2/c31-28(24-10-8-23(9-11-24)22-5-2-1-3-6-22)21-30-18-16-27(17-19-30)35(32,33)26-14-12-25(13-15-26)29-7-4-20-34-29/h1-15,20,27H,16-19,21H2. The number of nitrogens with zero attached hydrogens (tertiary/aromatic N) is 1. The zero-order valence-electron chi connectivity index (χ0n) is 19.3. The lowest BCUT2D eigenvalue weighted by atomic mass is 10.0. The van der Waals surface area contributed by atoms with E-state index in [9.17, 15) is 13.2 Å². The number of sulfone groups is 1. The number of ketones is 1. The average molecular weight is 502 g/mol. The molecule has 1 aliphatic rings. The van der Waals surface area contributed by atoms with Gasteiger partial charge in [0.25, 0.3) is 0 Å². The lowest BCUT2D eigenvalue weighted by molar-refractivity contribution is 0.0916. The monoisotopic (exact) mass is 501 g/mol. The SMILES string of the molecule is O=C(CN1CCC(S(=O)(=O)c2ccc(-c3cccs3)cc2)CC1)c1ccc(-c2ccccc2)cc1. The van der Waals surface area contributed by atoms with Crippen molar-refractivity contribution in [1.29, 1.82) is 0 Å². The van der Waals surface area contributed by atoms with E-state index in [4.69, 9.17) is 0 Å². The zero-order valence-corrected chi connectivity index (χ0v) is 21.0. The summed E-state index contributed by atoms with van der Waals surface area (Å²) in [4.78, 5) is 16.4. The van der Waals surface area contributed by atoms with Gasteiger partial charge in [0.15, 0.2) is 15.6 Å². The second-order valence-corrected chi connectivity index (χ2v) is 12.1. The van der Waals surface area contributed by atoms with E-state index in [-0.39, 0.29) is 5.78 Å². The van der Waals surface area contributed by atoms with E-state index in [0.29, 0.717) is 42.9 Å². The third kappa shape index (κ3) is 5.30. The van der Waals surface area contributed by atoms with E-state index in [1.807, 2.05) is 84.2 Å². The molecule has 4 nitrogen and oxygen atoms in total. The van der Waals surface area contributed by atoms with Crippen LogP contribution in [0.3, 0.4) is 0 Å². The van der Waals surface area contributed by atoms with Crippen LogP contribution < -0.4 is 0 Å². The number of carbonyl (C=O) groups is 1. The lowest BCUT2D eigenvalue weighted by Crippen LogP contribution is -2.41. The highest BCUT2D eigenvalue weighted by Gasteiger charge is 2.31. The van der Waals surface area contributed by atoms with E-state index in [2.05, 4.69) is 4.90 Å². The normalized spacial score (nSPS) is 15.2. The van der Waals surface area contributed by atoms with E-state index in [0.717, 1.165) is 21.6 Å². The number of benzene rings is 3. The molecular formula is C29H27NO3S2. The first kappa shape index (κ1) is 23.7. The summed E-state index contributed by atoms with van der Waals surface area (Å²) in [6, 6.07) is 29.0. The highest BCUT2D eigenvalue weighted by molar-refractivity contribution is 7.92. The van der Waals surface area contributed by atoms with Crippen molar-refractivity contribution in [3.05, 3.63) is 102 Å². The molecule has 4 aromatic rings. The largest absolute Gasteiger partial charge is 0.296 e. The van der Waals surface area contributed by atoms with E-state index < -0.39 is 15.1 Å². The van der Waals surface area contributed by atoms with Gasteiger partial charge in [-0.05, 0) is 66.2 Å². The number of hydrogen-bond acceptors (Lipinski definition) is 5. The zero-order chi connectivity index (χ0) is 24.3. The van der Waals surface area contributed by atoms with Gasteiger partial charge in [0.2, 0.25) is 0 Å². The molecule has 3 aromatic carbocycles. The fourth-order valence-corrected chi connectivity index (χ4v) is 7.06. The molecule has 1 saturated heterocycles. The Morgan fingerprint density at radius 1 is 0.771 bits per heavy atom. The molecule has 1 aromatic heterocycles. The van der Waals surface area contributed by atoms with Crippen molar-refractivity contribution in [2.75, 3.05) is 19.6 Å². The molecule has 1 aliphatic heterocycles. The van der Waals surface area contributed by atoms with Crippen molar-refractivity contribution in [2.24, 2.45) is 0 Å². The lowest BCUT2D eigenvalue weighted by Gasteiger charge is -2.31. The number of piperidine rings is 1. The Hall–Kier alpha value is -3.06. The third-order valence-corrected chi connectivity index (χ3v) is 9.84. The Bertz CT molecular complexity index is 1370. The molecule has 0 saturated carbocycles. The summed E-state index contributed by atoms with van der Waals surface area (Å²) in [7, 11) is -3.39. The highest BCUT2D eigenvalue weighted by Crippen LogP contribution is 2.29. The van der Waals surface area contributed by atoms with Crippen LogP contribution in [0.4, 0.5) is 0 Å². The van der Waals surface area contributed by atoms with Crippen LogP contribution in [0, 0.1) is 0 Å². The maximum atomic E-state index is 13.2. The van der Waals surface area contributed by atoms with Crippen LogP contribution in [0.2, 0.25) is 0 Å². The van der Waals surface area contributed by atoms with Crippen molar-refractivity contribution < 1.29 is 13.2 Å². The van der Waals surface area contributed by atoms with Gasteiger partial charge in [-0.25, -0.2) is 8.42 Å². The first-order valence-corrected chi connectivity index (χ1v) is 14.2. The number of likely N-dealkylation sites (tertiary alicyclic amines) is 1. The molecule has 0 unspecified atom stereocenters. The molecule has 0 bridgehead atoms. The fraction of sp³-hybridized carbons (Fsp3) is 0.207. The van der Waals surface area contributed by atoms with Gasteiger partial charge in [0, 0.05) is 10.4 Å². The molecule has 0 amide bonds. The fourth-order valence-electron chi connectivity index (χ4n) is 4.60. The molecular weight excluding hydrogens is 474 g/mol. The Morgan fingerprint density at radius 3 is 2.03 bits per heavy atom. The van der Waals surface area contributed by atoms with Gasteiger partial charge < -0.3 is 0 Å². The maximum Gasteiger partial charge on any atom is 0.181 e. The number of carbonyl (C=O) groups excluding carboxylic acids is 1. The van der Waals surface area contributed by atoms with E-state index in [1.54, 1.807) is 23.5 Å². The van der Waals surface area contributed by atoms with Gasteiger partial charge in [0.05, 0.1) is 16.7 Å². The van der Waals surface area contributed by atoms with Crippen LogP contribution in [0.5, 0.6) is 0 Å². The number of Topliss-reactive ketones (excluding diaryl/α,β-unsaturated/α-hetero) is 1. The molecule has 0 atom stereocenters. The Labute approximate surface area is 210 Å². The van der Waals surface area contributed by atoms with Gasteiger partial charge in [-0.2, -0.15) is 0 Å². The van der Waals surface area contributed by atoms with Crippen LogP contribution in [0.1, 0.15) is 23.2 Å². The number of thiophene rings is 1. The van der Waals surface area contributed by atoms with Crippen molar-refractivity contribution in [3.63, 3.8) is 0 Å². The molecule has 35 heavy (non-hydrogen) atoms. The quantitative estimate of drug-likeness (QED) is 0.283. The summed E-state index contributed by atoms with van der Waals surface area (Å²) in [6.45, 7) is 1.52. The smallest absolute Gasteiger partial charge is 0.181 e. The van der Waals surface area contributed by atoms with Crippen LogP contribution in [-0.4, -0.2) is 44.0 Å². The summed E-state index contributed by atoms with van der Waals surface area (Å²) in [5.74, 6) is 0.0649. The van der Waals surface area contributed by atoms with E-state index in [1.165, 1.54) is 0 Å². The second-order valence-electron chi connectivity index (χ2n) is 8.89. The predicted octanol–water partition coefficient (Wildman–Crippen LogP) is 6.20. The van der Waals surface area contributed by atoms with Crippen molar-refractivity contribution in [3.8, 4) is 21.6 Å². The maximum absolute atomic E-state index is 13.2. The molecule has 0 spiro atoms. The molecule has 5 rings (SSSR count). The van der Waals surface area contributed by atoms with Crippen LogP contribution in [-0.2, 0) is 9.84 Å². The second kappa shape index (κ2) is 10.3.